The number of rotatable bonds is 6. The molecule has 1 atom stereocenters. The maximum atomic E-state index is 13.0. The molecule has 1 unspecified atom stereocenters. The quantitative estimate of drug-likeness (QED) is 0.412. The molecule has 35 heavy (non-hydrogen) atoms. The topological polar surface area (TPSA) is 94.5 Å². The predicted octanol–water partition coefficient (Wildman–Crippen LogP) is 4.59. The Morgan fingerprint density at radius 1 is 1.03 bits per heavy atom. The Hall–Kier alpha value is -4.04. The van der Waals surface area contributed by atoms with E-state index in [-0.39, 0.29) is 18.4 Å². The number of nitrogens with one attached hydrogen (secondary N) is 2. The van der Waals surface area contributed by atoms with E-state index in [0.717, 1.165) is 11.0 Å². The molecule has 8 nitrogen and oxygen atoms in total. The molecular formula is C26H23ClN4O4. The lowest BCUT2D eigenvalue weighted by Gasteiger charge is -2.19. The van der Waals surface area contributed by atoms with Gasteiger partial charge in [-0.2, -0.15) is 0 Å². The van der Waals surface area contributed by atoms with E-state index in [1.54, 1.807) is 42.5 Å². The Balaban J connectivity index is 1.37. The number of ether oxygens (including phenoxy) is 2. The van der Waals surface area contributed by atoms with E-state index in [0.29, 0.717) is 46.8 Å². The number of halogens is 1. The van der Waals surface area contributed by atoms with Crippen LogP contribution in [0.25, 0.3) is 11.0 Å². The third kappa shape index (κ3) is 4.93. The predicted molar refractivity (Wildman–Crippen MR) is 133 cm³/mol. The number of hydrogen-bond acceptors (Lipinski definition) is 5. The van der Waals surface area contributed by atoms with E-state index < -0.39 is 6.04 Å². The lowest BCUT2D eigenvalue weighted by molar-refractivity contribution is -0.116. The summed E-state index contributed by atoms with van der Waals surface area (Å²) in [6.45, 7) is 2.83. The van der Waals surface area contributed by atoms with E-state index >= 15 is 0 Å². The number of amides is 2. The van der Waals surface area contributed by atoms with Crippen molar-refractivity contribution in [3.8, 4) is 11.5 Å². The third-order valence-corrected chi connectivity index (χ3v) is 5.91. The van der Waals surface area contributed by atoms with E-state index in [1.807, 2.05) is 35.8 Å². The van der Waals surface area contributed by atoms with Crippen LogP contribution < -0.4 is 20.1 Å². The summed E-state index contributed by atoms with van der Waals surface area (Å²) >= 11 is 5.93. The van der Waals surface area contributed by atoms with Gasteiger partial charge >= 0.3 is 0 Å². The van der Waals surface area contributed by atoms with Crippen LogP contribution >= 0.6 is 11.6 Å². The van der Waals surface area contributed by atoms with Crippen LogP contribution in [-0.4, -0.2) is 34.6 Å². The Bertz CT molecular complexity index is 1400. The highest BCUT2D eigenvalue weighted by molar-refractivity contribution is 6.30. The van der Waals surface area contributed by atoms with Crippen molar-refractivity contribution in [1.82, 2.24) is 14.9 Å². The normalized spacial score (nSPS) is 13.3. The maximum absolute atomic E-state index is 13.0. The highest BCUT2D eigenvalue weighted by atomic mass is 35.5. The molecule has 2 amide bonds. The van der Waals surface area contributed by atoms with Gasteiger partial charge in [0.15, 0.2) is 11.5 Å². The molecule has 1 aromatic heterocycles. The van der Waals surface area contributed by atoms with Gasteiger partial charge in [-0.05, 0) is 55.5 Å². The molecule has 2 heterocycles. The molecule has 0 spiro atoms. The van der Waals surface area contributed by atoms with Gasteiger partial charge < -0.3 is 24.7 Å². The number of carbonyl (C=O) groups is 2. The fourth-order valence-corrected chi connectivity index (χ4v) is 4.13. The first-order valence-corrected chi connectivity index (χ1v) is 11.6. The highest BCUT2D eigenvalue weighted by Crippen LogP contribution is 2.32. The highest BCUT2D eigenvalue weighted by Gasteiger charge is 2.21. The second-order valence-corrected chi connectivity index (χ2v) is 8.59. The minimum absolute atomic E-state index is 0.0193. The summed E-state index contributed by atoms with van der Waals surface area (Å²) in [5.41, 5.74) is 2.63. The van der Waals surface area contributed by atoms with Crippen LogP contribution in [0.4, 0.5) is 5.69 Å². The van der Waals surface area contributed by atoms with Crippen molar-refractivity contribution in [2.45, 2.75) is 19.5 Å². The van der Waals surface area contributed by atoms with Gasteiger partial charge in [-0.25, -0.2) is 4.98 Å². The summed E-state index contributed by atoms with van der Waals surface area (Å²) in [5.74, 6) is 1.34. The van der Waals surface area contributed by atoms with Crippen molar-refractivity contribution in [2.75, 3.05) is 18.5 Å². The summed E-state index contributed by atoms with van der Waals surface area (Å²) in [4.78, 5) is 30.5. The molecule has 0 fully saturated rings. The number of carbonyl (C=O) groups excluding carboxylic acids is 2. The largest absolute Gasteiger partial charge is 0.486 e. The van der Waals surface area contributed by atoms with Gasteiger partial charge in [0.1, 0.15) is 25.6 Å². The summed E-state index contributed by atoms with van der Waals surface area (Å²) in [6, 6.07) is 19.0. The van der Waals surface area contributed by atoms with Gasteiger partial charge in [0, 0.05) is 22.3 Å². The Labute approximate surface area is 206 Å². The minimum atomic E-state index is -0.451. The number of hydrogen-bond donors (Lipinski definition) is 2. The Morgan fingerprint density at radius 3 is 2.57 bits per heavy atom. The number of benzene rings is 3. The van der Waals surface area contributed by atoms with Gasteiger partial charge in [-0.15, -0.1) is 0 Å². The number of aromatic nitrogens is 2. The maximum Gasteiger partial charge on any atom is 0.251 e. The van der Waals surface area contributed by atoms with E-state index in [1.165, 1.54) is 0 Å². The first-order valence-electron chi connectivity index (χ1n) is 11.2. The summed E-state index contributed by atoms with van der Waals surface area (Å²) in [5, 5.41) is 6.43. The average Bonchev–Trinajstić information content (AvgIpc) is 3.22. The van der Waals surface area contributed by atoms with Crippen LogP contribution in [0.1, 0.15) is 29.1 Å². The van der Waals surface area contributed by atoms with E-state index in [2.05, 4.69) is 10.6 Å². The summed E-state index contributed by atoms with van der Waals surface area (Å²) in [7, 11) is 0. The Kier molecular flexibility index (Phi) is 6.29. The Morgan fingerprint density at radius 2 is 1.77 bits per heavy atom. The van der Waals surface area contributed by atoms with Gasteiger partial charge in [0.05, 0.1) is 17.1 Å². The first kappa shape index (κ1) is 22.7. The van der Waals surface area contributed by atoms with Gasteiger partial charge in [0.2, 0.25) is 5.91 Å². The fourth-order valence-electron chi connectivity index (χ4n) is 4.00. The molecule has 4 aromatic rings. The zero-order chi connectivity index (χ0) is 24.4. The molecule has 0 bridgehead atoms. The van der Waals surface area contributed by atoms with Crippen molar-refractivity contribution in [3.63, 3.8) is 0 Å². The number of anilines is 1. The number of imidazole rings is 1. The van der Waals surface area contributed by atoms with Crippen LogP contribution in [0.2, 0.25) is 5.02 Å². The molecule has 0 aliphatic carbocycles. The standard InChI is InChI=1S/C26H23ClN4O4/c1-16(28-26(33)17-6-8-18(27)9-7-17)25-30-20-4-2-3-5-21(20)31(25)15-24(32)29-19-10-11-22-23(14-19)35-13-12-34-22/h2-11,14,16H,12-13,15H2,1H3,(H,28,33)(H,29,32). The van der Waals surface area contributed by atoms with Gasteiger partial charge in [0.25, 0.3) is 5.91 Å². The monoisotopic (exact) mass is 490 g/mol. The first-order chi connectivity index (χ1) is 17.0. The SMILES string of the molecule is CC(NC(=O)c1ccc(Cl)cc1)c1nc2ccccc2n1CC(=O)Nc1ccc2c(c1)OCCO2. The van der Waals surface area contributed by atoms with Crippen LogP contribution in [-0.2, 0) is 11.3 Å². The zero-order valence-electron chi connectivity index (χ0n) is 19.0. The lowest BCUT2D eigenvalue weighted by atomic mass is 10.2. The van der Waals surface area contributed by atoms with Crippen LogP contribution in [0.3, 0.4) is 0 Å². The second-order valence-electron chi connectivity index (χ2n) is 8.15. The minimum Gasteiger partial charge on any atom is -0.486 e. The molecular weight excluding hydrogens is 468 g/mol. The van der Waals surface area contributed by atoms with Crippen molar-refractivity contribution >= 4 is 40.1 Å². The number of fused-ring (bicyclic) bond motifs is 2. The number of nitrogens with zero attached hydrogens (tertiary/aromatic N) is 2. The zero-order valence-corrected chi connectivity index (χ0v) is 19.7. The molecule has 1 aliphatic heterocycles. The van der Waals surface area contributed by atoms with Crippen molar-refractivity contribution in [2.24, 2.45) is 0 Å². The second kappa shape index (κ2) is 9.68. The molecule has 1 aliphatic rings. The molecule has 0 radical (unpaired) electrons. The molecule has 5 rings (SSSR count). The summed E-state index contributed by atoms with van der Waals surface area (Å²) in [6.07, 6.45) is 0. The van der Waals surface area contributed by atoms with Crippen molar-refractivity contribution < 1.29 is 19.1 Å². The van der Waals surface area contributed by atoms with Crippen molar-refractivity contribution in [3.05, 3.63) is 83.1 Å². The fraction of sp³-hybridized carbons (Fsp3) is 0.192. The van der Waals surface area contributed by atoms with Gasteiger partial charge in [-0.3, -0.25) is 9.59 Å². The van der Waals surface area contributed by atoms with Crippen LogP contribution in [0, 0.1) is 0 Å². The summed E-state index contributed by atoms with van der Waals surface area (Å²) < 4.78 is 13.0. The smallest absolute Gasteiger partial charge is 0.251 e. The molecule has 0 saturated heterocycles. The molecule has 3 aromatic carbocycles. The molecule has 9 heteroatoms. The van der Waals surface area contributed by atoms with Crippen molar-refractivity contribution in [1.29, 1.82) is 0 Å². The molecule has 0 saturated carbocycles. The lowest BCUT2D eigenvalue weighted by Crippen LogP contribution is -2.30. The van der Waals surface area contributed by atoms with E-state index in [9.17, 15) is 9.59 Å². The molecule has 178 valence electrons. The van der Waals surface area contributed by atoms with Crippen LogP contribution in [0.15, 0.2) is 66.7 Å². The molecule has 2 N–H and O–H groups in total. The average molecular weight is 491 g/mol. The number of para-hydroxylation sites is 2. The van der Waals surface area contributed by atoms with Gasteiger partial charge in [-0.1, -0.05) is 23.7 Å². The van der Waals surface area contributed by atoms with E-state index in [4.69, 9.17) is 26.1 Å². The third-order valence-electron chi connectivity index (χ3n) is 5.65. The van der Waals surface area contributed by atoms with Crippen LogP contribution in [0.5, 0.6) is 11.5 Å².